The van der Waals surface area contributed by atoms with E-state index in [4.69, 9.17) is 4.74 Å². The van der Waals surface area contributed by atoms with Crippen LogP contribution in [0.1, 0.15) is 19.8 Å². The highest BCUT2D eigenvalue weighted by Gasteiger charge is 2.22. The van der Waals surface area contributed by atoms with Gasteiger partial charge in [-0.1, -0.05) is 0 Å². The van der Waals surface area contributed by atoms with E-state index >= 15 is 0 Å². The smallest absolute Gasteiger partial charge is 0.129 e. The highest BCUT2D eigenvalue weighted by molar-refractivity contribution is 5.94. The fourth-order valence-corrected chi connectivity index (χ4v) is 4.09. The zero-order chi connectivity index (χ0) is 18.2. The normalized spacial score (nSPS) is 20.6. The number of aromatic nitrogens is 4. The molecule has 0 amide bonds. The maximum Gasteiger partial charge on any atom is 0.129 e. The van der Waals surface area contributed by atoms with E-state index < -0.39 is 0 Å². The summed E-state index contributed by atoms with van der Waals surface area (Å²) < 4.78 is 5.45. The van der Waals surface area contributed by atoms with Gasteiger partial charge in [0.2, 0.25) is 0 Å². The van der Waals surface area contributed by atoms with Gasteiger partial charge in [-0.15, -0.1) is 0 Å². The van der Waals surface area contributed by atoms with Gasteiger partial charge in [0.1, 0.15) is 17.3 Å². The van der Waals surface area contributed by atoms with Crippen molar-refractivity contribution in [3.63, 3.8) is 0 Å². The molecule has 3 aromatic rings. The SMILES string of the molecule is CC1CCCN1c1cc2c(-c3ccnc(N4CCOCC4)c3)n[nH]c2cn1. The Morgan fingerprint density at radius 3 is 2.81 bits per heavy atom. The predicted octanol–water partition coefficient (Wildman–Crippen LogP) is 2.85. The highest BCUT2D eigenvalue weighted by atomic mass is 16.5. The van der Waals surface area contributed by atoms with Crippen molar-refractivity contribution in [1.82, 2.24) is 20.2 Å². The van der Waals surface area contributed by atoms with Crippen molar-refractivity contribution >= 4 is 22.5 Å². The molecule has 27 heavy (non-hydrogen) atoms. The molecule has 0 aromatic carbocycles. The fourth-order valence-electron chi connectivity index (χ4n) is 4.09. The first-order chi connectivity index (χ1) is 13.3. The van der Waals surface area contributed by atoms with E-state index in [1.54, 1.807) is 0 Å². The van der Waals surface area contributed by atoms with Gasteiger partial charge in [0, 0.05) is 42.8 Å². The van der Waals surface area contributed by atoms with Crippen LogP contribution in [0.5, 0.6) is 0 Å². The van der Waals surface area contributed by atoms with E-state index in [2.05, 4.69) is 49.0 Å². The number of H-pyrrole nitrogens is 1. The van der Waals surface area contributed by atoms with Crippen molar-refractivity contribution in [1.29, 1.82) is 0 Å². The van der Waals surface area contributed by atoms with Crippen LogP contribution in [0.4, 0.5) is 11.6 Å². The molecule has 0 radical (unpaired) electrons. The number of hydrogen-bond acceptors (Lipinski definition) is 6. The van der Waals surface area contributed by atoms with Crippen LogP contribution < -0.4 is 9.80 Å². The Bertz CT molecular complexity index is 949. The minimum absolute atomic E-state index is 0.541. The standard InChI is InChI=1S/C20H24N6O/c1-14-3-2-6-26(14)19-12-16-17(13-22-19)23-24-20(16)15-4-5-21-18(11-15)25-7-9-27-10-8-25/h4-5,11-14H,2-3,6-10H2,1H3,(H,23,24). The van der Waals surface area contributed by atoms with E-state index in [0.717, 1.165) is 66.6 Å². The molecule has 3 aromatic heterocycles. The van der Waals surface area contributed by atoms with Crippen molar-refractivity contribution in [2.24, 2.45) is 0 Å². The molecule has 5 rings (SSSR count). The quantitative estimate of drug-likeness (QED) is 0.771. The third-order valence-corrected chi connectivity index (χ3v) is 5.63. The Morgan fingerprint density at radius 1 is 1.11 bits per heavy atom. The first-order valence-corrected chi connectivity index (χ1v) is 9.69. The monoisotopic (exact) mass is 364 g/mol. The summed E-state index contributed by atoms with van der Waals surface area (Å²) in [5.74, 6) is 2.02. The lowest BCUT2D eigenvalue weighted by Crippen LogP contribution is -2.36. The number of hydrogen-bond donors (Lipinski definition) is 1. The highest BCUT2D eigenvalue weighted by Crippen LogP contribution is 2.32. The number of pyridine rings is 2. The van der Waals surface area contributed by atoms with Gasteiger partial charge in [-0.2, -0.15) is 5.10 Å². The summed E-state index contributed by atoms with van der Waals surface area (Å²) in [5, 5.41) is 8.82. The van der Waals surface area contributed by atoms with Gasteiger partial charge < -0.3 is 14.5 Å². The van der Waals surface area contributed by atoms with Gasteiger partial charge >= 0.3 is 0 Å². The topological polar surface area (TPSA) is 70.2 Å². The number of rotatable bonds is 3. The lowest BCUT2D eigenvalue weighted by Gasteiger charge is -2.27. The minimum atomic E-state index is 0.541. The second kappa shape index (κ2) is 6.81. The summed E-state index contributed by atoms with van der Waals surface area (Å²) in [6, 6.07) is 6.86. The maximum atomic E-state index is 5.45. The van der Waals surface area contributed by atoms with Crippen molar-refractivity contribution in [2.45, 2.75) is 25.8 Å². The van der Waals surface area contributed by atoms with Crippen LogP contribution in [0.25, 0.3) is 22.2 Å². The molecule has 7 heteroatoms. The second-order valence-electron chi connectivity index (χ2n) is 7.35. The van der Waals surface area contributed by atoms with Crippen LogP contribution in [-0.4, -0.2) is 59.1 Å². The summed E-state index contributed by atoms with van der Waals surface area (Å²) in [5.41, 5.74) is 2.99. The number of morpholine rings is 1. The maximum absolute atomic E-state index is 5.45. The molecule has 1 unspecified atom stereocenters. The first kappa shape index (κ1) is 16.5. The van der Waals surface area contributed by atoms with Gasteiger partial charge in [0.05, 0.1) is 24.9 Å². The van der Waals surface area contributed by atoms with Crippen LogP contribution in [0.2, 0.25) is 0 Å². The van der Waals surface area contributed by atoms with Crippen molar-refractivity contribution in [2.75, 3.05) is 42.6 Å². The number of anilines is 2. The molecular weight excluding hydrogens is 340 g/mol. The number of aromatic amines is 1. The van der Waals surface area contributed by atoms with Crippen LogP contribution in [0.15, 0.2) is 30.6 Å². The van der Waals surface area contributed by atoms with Crippen LogP contribution >= 0.6 is 0 Å². The lowest BCUT2D eigenvalue weighted by molar-refractivity contribution is 0.122. The molecule has 5 heterocycles. The predicted molar refractivity (Wildman–Crippen MR) is 106 cm³/mol. The fraction of sp³-hybridized carbons (Fsp3) is 0.450. The molecule has 2 saturated heterocycles. The molecule has 140 valence electrons. The zero-order valence-corrected chi connectivity index (χ0v) is 15.6. The molecule has 0 spiro atoms. The lowest BCUT2D eigenvalue weighted by atomic mass is 10.1. The number of nitrogens with zero attached hydrogens (tertiary/aromatic N) is 5. The average molecular weight is 364 g/mol. The summed E-state index contributed by atoms with van der Waals surface area (Å²) in [6.07, 6.45) is 6.22. The molecule has 0 aliphatic carbocycles. The molecule has 2 fully saturated rings. The third kappa shape index (κ3) is 3.02. The molecule has 1 N–H and O–H groups in total. The molecule has 1 atom stereocenters. The molecule has 0 bridgehead atoms. The first-order valence-electron chi connectivity index (χ1n) is 9.69. The van der Waals surface area contributed by atoms with E-state index in [0.29, 0.717) is 6.04 Å². The third-order valence-electron chi connectivity index (χ3n) is 5.63. The van der Waals surface area contributed by atoms with Crippen molar-refractivity contribution in [3.8, 4) is 11.3 Å². The molecular formula is C20H24N6O. The van der Waals surface area contributed by atoms with Gasteiger partial charge in [-0.05, 0) is 38.0 Å². The van der Waals surface area contributed by atoms with Crippen LogP contribution in [-0.2, 0) is 4.74 Å². The van der Waals surface area contributed by atoms with Crippen molar-refractivity contribution < 1.29 is 4.74 Å². The Labute approximate surface area is 158 Å². The van der Waals surface area contributed by atoms with Gasteiger partial charge in [0.15, 0.2) is 0 Å². The minimum Gasteiger partial charge on any atom is -0.378 e. The van der Waals surface area contributed by atoms with E-state index in [1.807, 2.05) is 18.5 Å². The Morgan fingerprint density at radius 2 is 2.00 bits per heavy atom. The van der Waals surface area contributed by atoms with Crippen LogP contribution in [0, 0.1) is 0 Å². The summed E-state index contributed by atoms with van der Waals surface area (Å²) >= 11 is 0. The summed E-state index contributed by atoms with van der Waals surface area (Å²) in [7, 11) is 0. The zero-order valence-electron chi connectivity index (χ0n) is 15.6. The Balaban J connectivity index is 1.53. The average Bonchev–Trinajstić information content (AvgIpc) is 3.34. The summed E-state index contributed by atoms with van der Waals surface area (Å²) in [4.78, 5) is 13.9. The molecule has 2 aliphatic heterocycles. The van der Waals surface area contributed by atoms with Crippen LogP contribution in [0.3, 0.4) is 0 Å². The number of ether oxygens (including phenoxy) is 1. The Hall–Kier alpha value is -2.67. The molecule has 0 saturated carbocycles. The molecule has 7 nitrogen and oxygen atoms in total. The number of nitrogens with one attached hydrogen (secondary N) is 1. The van der Waals surface area contributed by atoms with Gasteiger partial charge in [-0.25, -0.2) is 9.97 Å². The van der Waals surface area contributed by atoms with E-state index in [-0.39, 0.29) is 0 Å². The Kier molecular flexibility index (Phi) is 4.16. The summed E-state index contributed by atoms with van der Waals surface area (Å²) in [6.45, 7) is 6.59. The van der Waals surface area contributed by atoms with Crippen molar-refractivity contribution in [3.05, 3.63) is 30.6 Å². The molecule has 2 aliphatic rings. The van der Waals surface area contributed by atoms with Gasteiger partial charge in [-0.3, -0.25) is 5.10 Å². The van der Waals surface area contributed by atoms with Gasteiger partial charge in [0.25, 0.3) is 0 Å². The largest absolute Gasteiger partial charge is 0.378 e. The second-order valence-corrected chi connectivity index (χ2v) is 7.35. The van der Waals surface area contributed by atoms with E-state index in [9.17, 15) is 0 Å². The number of fused-ring (bicyclic) bond motifs is 1. The van der Waals surface area contributed by atoms with E-state index in [1.165, 1.54) is 12.8 Å².